The second-order valence-electron chi connectivity index (χ2n) is 8.14. The summed E-state index contributed by atoms with van der Waals surface area (Å²) in [5, 5.41) is 11.1. The topological polar surface area (TPSA) is 76.1 Å². The predicted molar refractivity (Wildman–Crippen MR) is 128 cm³/mol. The first-order valence-electron chi connectivity index (χ1n) is 11.8. The van der Waals surface area contributed by atoms with Gasteiger partial charge in [0.2, 0.25) is 0 Å². The first-order chi connectivity index (χ1) is 16.0. The summed E-state index contributed by atoms with van der Waals surface area (Å²) < 4.78 is 11.3. The number of aliphatic hydroxyl groups excluding tert-OH is 1. The fourth-order valence-corrected chi connectivity index (χ4v) is 3.84. The smallest absolute Gasteiger partial charge is 0.295 e. The average molecular weight is 452 g/mol. The van der Waals surface area contributed by atoms with Crippen LogP contribution in [0.5, 0.6) is 11.5 Å². The molecule has 1 amide bonds. The highest BCUT2D eigenvalue weighted by molar-refractivity contribution is 6.46. The van der Waals surface area contributed by atoms with Gasteiger partial charge in [-0.1, -0.05) is 39.3 Å². The van der Waals surface area contributed by atoms with Crippen molar-refractivity contribution in [2.75, 3.05) is 19.8 Å². The standard InChI is InChI=1S/C27H33NO5/c1-4-7-16-28-24(19-8-12-21(13-9-19)32-17-5-2)23(26(30)27(28)31)25(29)20-10-14-22(15-11-20)33-18-6-3/h8-15,24,29H,4-7,16-18H2,1-3H3/b25-23-. The van der Waals surface area contributed by atoms with Crippen LogP contribution in [-0.2, 0) is 9.59 Å². The highest BCUT2D eigenvalue weighted by atomic mass is 16.5. The van der Waals surface area contributed by atoms with E-state index >= 15 is 0 Å². The van der Waals surface area contributed by atoms with Gasteiger partial charge in [-0.15, -0.1) is 0 Å². The Hall–Kier alpha value is -3.28. The third-order valence-corrected chi connectivity index (χ3v) is 5.56. The van der Waals surface area contributed by atoms with E-state index in [0.717, 1.165) is 37.0 Å². The summed E-state index contributed by atoms with van der Waals surface area (Å²) in [6.45, 7) is 7.77. The van der Waals surface area contributed by atoms with E-state index in [-0.39, 0.29) is 11.3 Å². The maximum absolute atomic E-state index is 13.0. The molecule has 6 nitrogen and oxygen atoms in total. The largest absolute Gasteiger partial charge is 0.507 e. The molecule has 176 valence electrons. The van der Waals surface area contributed by atoms with Crippen LogP contribution in [0.2, 0.25) is 0 Å². The number of ether oxygens (including phenoxy) is 2. The molecule has 33 heavy (non-hydrogen) atoms. The lowest BCUT2D eigenvalue weighted by Gasteiger charge is -2.25. The Morgan fingerprint density at radius 2 is 1.39 bits per heavy atom. The van der Waals surface area contributed by atoms with Crippen LogP contribution in [0.25, 0.3) is 5.76 Å². The summed E-state index contributed by atoms with van der Waals surface area (Å²) in [5.74, 6) is 0.00548. The van der Waals surface area contributed by atoms with E-state index < -0.39 is 17.7 Å². The Morgan fingerprint density at radius 1 is 0.848 bits per heavy atom. The van der Waals surface area contributed by atoms with E-state index in [1.165, 1.54) is 0 Å². The zero-order valence-corrected chi connectivity index (χ0v) is 19.7. The lowest BCUT2D eigenvalue weighted by molar-refractivity contribution is -0.139. The summed E-state index contributed by atoms with van der Waals surface area (Å²) in [6, 6.07) is 13.7. The molecule has 0 aliphatic carbocycles. The number of aliphatic hydroxyl groups is 1. The van der Waals surface area contributed by atoms with E-state index in [1.54, 1.807) is 29.2 Å². The van der Waals surface area contributed by atoms with Crippen molar-refractivity contribution in [3.8, 4) is 11.5 Å². The zero-order chi connectivity index (χ0) is 23.8. The number of nitrogens with zero attached hydrogens (tertiary/aromatic N) is 1. The summed E-state index contributed by atoms with van der Waals surface area (Å²) >= 11 is 0. The first-order valence-corrected chi connectivity index (χ1v) is 11.8. The summed E-state index contributed by atoms with van der Waals surface area (Å²) in [6.07, 6.45) is 3.45. The molecule has 1 unspecified atom stereocenters. The second kappa shape index (κ2) is 11.5. The van der Waals surface area contributed by atoms with Gasteiger partial charge in [0.25, 0.3) is 11.7 Å². The third-order valence-electron chi connectivity index (χ3n) is 5.56. The van der Waals surface area contributed by atoms with Crippen LogP contribution in [0.3, 0.4) is 0 Å². The van der Waals surface area contributed by atoms with Crippen molar-refractivity contribution in [2.24, 2.45) is 0 Å². The van der Waals surface area contributed by atoms with E-state index in [4.69, 9.17) is 9.47 Å². The molecule has 1 atom stereocenters. The van der Waals surface area contributed by atoms with Crippen molar-refractivity contribution < 1.29 is 24.2 Å². The molecule has 1 fully saturated rings. The van der Waals surface area contributed by atoms with Crippen LogP contribution in [0, 0.1) is 0 Å². The maximum atomic E-state index is 13.0. The van der Waals surface area contributed by atoms with Gasteiger partial charge in [-0.2, -0.15) is 0 Å². The monoisotopic (exact) mass is 451 g/mol. The number of hydrogen-bond donors (Lipinski definition) is 1. The van der Waals surface area contributed by atoms with Crippen molar-refractivity contribution in [1.82, 2.24) is 4.90 Å². The Labute approximate surface area is 195 Å². The molecule has 6 heteroatoms. The molecule has 0 spiro atoms. The molecule has 0 bridgehead atoms. The molecule has 1 aliphatic heterocycles. The van der Waals surface area contributed by atoms with Gasteiger partial charge in [0.15, 0.2) is 0 Å². The molecular formula is C27H33NO5. The SMILES string of the molecule is CCCCN1C(=O)C(=O)/C(=C(\O)c2ccc(OCCC)cc2)C1c1ccc(OCCC)cc1. The molecule has 2 aromatic carbocycles. The van der Waals surface area contributed by atoms with Gasteiger partial charge < -0.3 is 19.5 Å². The van der Waals surface area contributed by atoms with Crippen LogP contribution in [0.4, 0.5) is 0 Å². The lowest BCUT2D eigenvalue weighted by atomic mass is 9.95. The first kappa shape index (κ1) is 24.4. The molecule has 1 saturated heterocycles. The third kappa shape index (κ3) is 5.56. The van der Waals surface area contributed by atoms with Crippen molar-refractivity contribution >= 4 is 17.4 Å². The van der Waals surface area contributed by atoms with Gasteiger partial charge in [-0.3, -0.25) is 9.59 Å². The minimum Gasteiger partial charge on any atom is -0.507 e. The molecule has 2 aromatic rings. The zero-order valence-electron chi connectivity index (χ0n) is 19.7. The average Bonchev–Trinajstić information content (AvgIpc) is 3.10. The Balaban J connectivity index is 2.00. The van der Waals surface area contributed by atoms with Crippen LogP contribution < -0.4 is 9.47 Å². The van der Waals surface area contributed by atoms with Crippen LogP contribution in [0.1, 0.15) is 63.6 Å². The van der Waals surface area contributed by atoms with Crippen molar-refractivity contribution in [1.29, 1.82) is 0 Å². The minimum absolute atomic E-state index is 0.112. The molecular weight excluding hydrogens is 418 g/mol. The van der Waals surface area contributed by atoms with E-state index in [0.29, 0.717) is 31.1 Å². The Kier molecular flexibility index (Phi) is 8.52. The highest BCUT2D eigenvalue weighted by Gasteiger charge is 2.45. The number of unbranched alkanes of at least 4 members (excludes halogenated alkanes) is 1. The normalized spacial score (nSPS) is 17.4. The van der Waals surface area contributed by atoms with Crippen LogP contribution in [0.15, 0.2) is 54.1 Å². The number of ketones is 1. The molecule has 1 aliphatic rings. The van der Waals surface area contributed by atoms with Crippen LogP contribution in [-0.4, -0.2) is 41.5 Å². The molecule has 0 saturated carbocycles. The molecule has 3 rings (SSSR count). The summed E-state index contributed by atoms with van der Waals surface area (Å²) in [4.78, 5) is 27.5. The quantitative estimate of drug-likeness (QED) is 0.278. The number of amides is 1. The second-order valence-corrected chi connectivity index (χ2v) is 8.14. The van der Waals surface area contributed by atoms with Gasteiger partial charge in [0.1, 0.15) is 17.3 Å². The van der Waals surface area contributed by atoms with Crippen molar-refractivity contribution in [2.45, 2.75) is 52.5 Å². The van der Waals surface area contributed by atoms with Crippen molar-refractivity contribution in [3.05, 3.63) is 65.2 Å². The fourth-order valence-electron chi connectivity index (χ4n) is 3.84. The van der Waals surface area contributed by atoms with Gasteiger partial charge in [-0.25, -0.2) is 0 Å². The molecule has 0 aromatic heterocycles. The van der Waals surface area contributed by atoms with Crippen molar-refractivity contribution in [3.63, 3.8) is 0 Å². The maximum Gasteiger partial charge on any atom is 0.295 e. The number of carbonyl (C=O) groups excluding carboxylic acids is 2. The van der Waals surface area contributed by atoms with E-state index in [2.05, 4.69) is 0 Å². The van der Waals surface area contributed by atoms with Gasteiger partial charge in [-0.05, 0) is 61.2 Å². The highest BCUT2D eigenvalue weighted by Crippen LogP contribution is 2.40. The van der Waals surface area contributed by atoms with Gasteiger partial charge in [0, 0.05) is 12.1 Å². The lowest BCUT2D eigenvalue weighted by Crippen LogP contribution is -2.30. The molecule has 1 heterocycles. The summed E-state index contributed by atoms with van der Waals surface area (Å²) in [7, 11) is 0. The summed E-state index contributed by atoms with van der Waals surface area (Å²) in [5.41, 5.74) is 1.35. The Bertz CT molecular complexity index is 979. The number of rotatable bonds is 11. The number of carbonyl (C=O) groups is 2. The fraction of sp³-hybridized carbons (Fsp3) is 0.407. The van der Waals surface area contributed by atoms with Gasteiger partial charge in [0.05, 0.1) is 24.8 Å². The van der Waals surface area contributed by atoms with E-state index in [1.807, 2.05) is 45.0 Å². The molecule has 1 N–H and O–H groups in total. The predicted octanol–water partition coefficient (Wildman–Crippen LogP) is 5.49. The van der Waals surface area contributed by atoms with E-state index in [9.17, 15) is 14.7 Å². The number of likely N-dealkylation sites (tertiary alicyclic amines) is 1. The van der Waals surface area contributed by atoms with Crippen LogP contribution >= 0.6 is 0 Å². The Morgan fingerprint density at radius 3 is 1.91 bits per heavy atom. The number of hydrogen-bond acceptors (Lipinski definition) is 5. The van der Waals surface area contributed by atoms with Gasteiger partial charge >= 0.3 is 0 Å². The number of Topliss-reactive ketones (excluding diaryl/α,β-unsaturated/α-hetero) is 1. The number of benzene rings is 2. The minimum atomic E-state index is -0.661. The molecule has 0 radical (unpaired) electrons.